The van der Waals surface area contributed by atoms with Crippen molar-refractivity contribution in [2.45, 2.75) is 40.0 Å². The van der Waals surface area contributed by atoms with E-state index in [0.29, 0.717) is 11.4 Å². The van der Waals surface area contributed by atoms with E-state index >= 15 is 0 Å². The Morgan fingerprint density at radius 1 is 0.828 bits per heavy atom. The van der Waals surface area contributed by atoms with Crippen molar-refractivity contribution in [3.8, 4) is 5.75 Å². The van der Waals surface area contributed by atoms with Gasteiger partial charge in [0.25, 0.3) is 5.91 Å². The SMILES string of the molecule is CCc1ccc(OCC(=O)NNC(=O)CCC(=O)Nc2ccc(C)c(C)c2)cc1. The number of aryl methyl sites for hydroxylation is 3. The Kier molecular flexibility index (Phi) is 8.21. The van der Waals surface area contributed by atoms with E-state index in [0.717, 1.165) is 17.5 Å². The van der Waals surface area contributed by atoms with E-state index in [9.17, 15) is 14.4 Å². The summed E-state index contributed by atoms with van der Waals surface area (Å²) in [7, 11) is 0. The van der Waals surface area contributed by atoms with Gasteiger partial charge in [-0.1, -0.05) is 25.1 Å². The van der Waals surface area contributed by atoms with Gasteiger partial charge in [0.1, 0.15) is 5.75 Å². The normalized spacial score (nSPS) is 10.2. The number of benzene rings is 2. The number of nitrogens with one attached hydrogen (secondary N) is 3. The lowest BCUT2D eigenvalue weighted by Gasteiger charge is -2.10. The Labute approximate surface area is 170 Å². The van der Waals surface area contributed by atoms with E-state index in [-0.39, 0.29) is 25.4 Å². The standard InChI is InChI=1S/C22H27N3O4/c1-4-17-6-9-19(10-7-17)29-14-22(28)25-24-21(27)12-11-20(26)23-18-8-5-15(2)16(3)13-18/h5-10,13H,4,11-12,14H2,1-3H3,(H,23,26)(H,24,27)(H,25,28). The van der Waals surface area contributed by atoms with Crippen molar-refractivity contribution >= 4 is 23.4 Å². The molecule has 2 rings (SSSR count). The summed E-state index contributed by atoms with van der Waals surface area (Å²) in [6, 6.07) is 13.1. The van der Waals surface area contributed by atoms with Crippen LogP contribution in [-0.2, 0) is 20.8 Å². The highest BCUT2D eigenvalue weighted by Gasteiger charge is 2.09. The van der Waals surface area contributed by atoms with Crippen LogP contribution >= 0.6 is 0 Å². The first-order valence-corrected chi connectivity index (χ1v) is 9.54. The van der Waals surface area contributed by atoms with Crippen molar-refractivity contribution in [2.75, 3.05) is 11.9 Å². The van der Waals surface area contributed by atoms with E-state index in [1.807, 2.05) is 44.2 Å². The predicted molar refractivity (Wildman–Crippen MR) is 111 cm³/mol. The lowest BCUT2D eigenvalue weighted by molar-refractivity contribution is -0.130. The van der Waals surface area contributed by atoms with E-state index in [1.165, 1.54) is 5.56 Å². The molecular weight excluding hydrogens is 370 g/mol. The first-order valence-electron chi connectivity index (χ1n) is 9.54. The number of rotatable bonds is 8. The molecule has 0 saturated carbocycles. The van der Waals surface area contributed by atoms with Gasteiger partial charge in [-0.2, -0.15) is 0 Å². The first kappa shape index (κ1) is 21.9. The lowest BCUT2D eigenvalue weighted by atomic mass is 10.1. The minimum atomic E-state index is -0.488. The van der Waals surface area contributed by atoms with Crippen LogP contribution in [0.1, 0.15) is 36.5 Å². The van der Waals surface area contributed by atoms with Gasteiger partial charge in [-0.3, -0.25) is 25.2 Å². The van der Waals surface area contributed by atoms with E-state index < -0.39 is 11.8 Å². The van der Waals surface area contributed by atoms with Crippen LogP contribution in [0.4, 0.5) is 5.69 Å². The third-order valence-corrected chi connectivity index (χ3v) is 4.41. The quantitative estimate of drug-likeness (QED) is 0.597. The predicted octanol–water partition coefficient (Wildman–Crippen LogP) is 2.81. The smallest absolute Gasteiger partial charge is 0.276 e. The number of ether oxygens (including phenoxy) is 1. The molecule has 29 heavy (non-hydrogen) atoms. The number of hydrogen-bond donors (Lipinski definition) is 3. The van der Waals surface area contributed by atoms with E-state index in [2.05, 4.69) is 23.1 Å². The second-order valence-electron chi connectivity index (χ2n) is 6.73. The molecular formula is C22H27N3O4. The zero-order valence-corrected chi connectivity index (χ0v) is 17.0. The molecule has 0 aliphatic heterocycles. The summed E-state index contributed by atoms with van der Waals surface area (Å²) in [6.07, 6.45) is 0.890. The number of carbonyl (C=O) groups is 3. The molecule has 0 radical (unpaired) electrons. The molecule has 7 nitrogen and oxygen atoms in total. The zero-order chi connectivity index (χ0) is 21.2. The summed E-state index contributed by atoms with van der Waals surface area (Å²) >= 11 is 0. The minimum absolute atomic E-state index is 0.00883. The Bertz CT molecular complexity index is 863. The van der Waals surface area contributed by atoms with Gasteiger partial charge in [0.15, 0.2) is 6.61 Å². The van der Waals surface area contributed by atoms with E-state index in [4.69, 9.17) is 4.74 Å². The van der Waals surface area contributed by atoms with Crippen LogP contribution in [0.25, 0.3) is 0 Å². The maximum absolute atomic E-state index is 12.0. The Morgan fingerprint density at radius 2 is 1.48 bits per heavy atom. The van der Waals surface area contributed by atoms with Gasteiger partial charge in [0.2, 0.25) is 11.8 Å². The van der Waals surface area contributed by atoms with Gasteiger partial charge in [-0.25, -0.2) is 0 Å². The molecule has 0 aliphatic rings. The van der Waals surface area contributed by atoms with Crippen LogP contribution in [0.5, 0.6) is 5.75 Å². The van der Waals surface area contributed by atoms with Gasteiger partial charge in [0.05, 0.1) is 0 Å². The number of hydrogen-bond acceptors (Lipinski definition) is 4. The maximum atomic E-state index is 12.0. The van der Waals surface area contributed by atoms with Crippen molar-refractivity contribution in [2.24, 2.45) is 0 Å². The summed E-state index contributed by atoms with van der Waals surface area (Å²) in [4.78, 5) is 35.5. The van der Waals surface area contributed by atoms with Crippen LogP contribution in [0.3, 0.4) is 0 Å². The summed E-state index contributed by atoms with van der Waals surface area (Å²) in [5.74, 6) is -0.640. The largest absolute Gasteiger partial charge is 0.484 e. The fraction of sp³-hybridized carbons (Fsp3) is 0.318. The topological polar surface area (TPSA) is 96.5 Å². The molecule has 0 heterocycles. The molecule has 2 aromatic carbocycles. The molecule has 154 valence electrons. The second-order valence-corrected chi connectivity index (χ2v) is 6.73. The molecule has 0 unspecified atom stereocenters. The summed E-state index contributed by atoms with van der Waals surface area (Å²) in [6.45, 7) is 5.79. The van der Waals surface area contributed by atoms with Gasteiger partial charge < -0.3 is 10.1 Å². The third kappa shape index (κ3) is 7.65. The number of amides is 3. The van der Waals surface area contributed by atoms with Gasteiger partial charge >= 0.3 is 0 Å². The highest BCUT2D eigenvalue weighted by atomic mass is 16.5. The Balaban J connectivity index is 1.64. The van der Waals surface area contributed by atoms with E-state index in [1.54, 1.807) is 12.1 Å². The Morgan fingerprint density at radius 3 is 2.14 bits per heavy atom. The molecule has 3 N–H and O–H groups in total. The summed E-state index contributed by atoms with van der Waals surface area (Å²) in [5, 5.41) is 2.75. The number of carbonyl (C=O) groups excluding carboxylic acids is 3. The average Bonchev–Trinajstić information content (AvgIpc) is 2.72. The lowest BCUT2D eigenvalue weighted by Crippen LogP contribution is -2.44. The molecule has 0 saturated heterocycles. The fourth-order valence-corrected chi connectivity index (χ4v) is 2.48. The fourth-order valence-electron chi connectivity index (χ4n) is 2.48. The molecule has 7 heteroatoms. The van der Waals surface area contributed by atoms with Crippen LogP contribution in [0.2, 0.25) is 0 Å². The first-order chi connectivity index (χ1) is 13.9. The molecule has 2 aromatic rings. The summed E-state index contributed by atoms with van der Waals surface area (Å²) < 4.78 is 5.35. The van der Waals surface area contributed by atoms with Crippen molar-refractivity contribution in [1.29, 1.82) is 0 Å². The molecule has 0 spiro atoms. The van der Waals surface area contributed by atoms with Crippen molar-refractivity contribution in [1.82, 2.24) is 10.9 Å². The van der Waals surface area contributed by atoms with Gasteiger partial charge in [-0.05, 0) is 61.2 Å². The van der Waals surface area contributed by atoms with Crippen molar-refractivity contribution in [3.05, 3.63) is 59.2 Å². The van der Waals surface area contributed by atoms with Gasteiger partial charge in [0, 0.05) is 18.5 Å². The van der Waals surface area contributed by atoms with Crippen LogP contribution in [0.15, 0.2) is 42.5 Å². The van der Waals surface area contributed by atoms with Crippen LogP contribution in [0, 0.1) is 13.8 Å². The van der Waals surface area contributed by atoms with Crippen molar-refractivity contribution < 1.29 is 19.1 Å². The maximum Gasteiger partial charge on any atom is 0.276 e. The molecule has 0 aromatic heterocycles. The average molecular weight is 397 g/mol. The second kappa shape index (κ2) is 10.8. The molecule has 0 aliphatic carbocycles. The van der Waals surface area contributed by atoms with Crippen LogP contribution in [-0.4, -0.2) is 24.3 Å². The molecule has 0 atom stereocenters. The molecule has 3 amide bonds. The molecule has 0 bridgehead atoms. The minimum Gasteiger partial charge on any atom is -0.484 e. The highest BCUT2D eigenvalue weighted by Crippen LogP contribution is 2.14. The third-order valence-electron chi connectivity index (χ3n) is 4.41. The summed E-state index contributed by atoms with van der Waals surface area (Å²) in [5.41, 5.74) is 8.62. The van der Waals surface area contributed by atoms with Crippen molar-refractivity contribution in [3.63, 3.8) is 0 Å². The monoisotopic (exact) mass is 397 g/mol. The van der Waals surface area contributed by atoms with Crippen LogP contribution < -0.4 is 20.9 Å². The number of anilines is 1. The Hall–Kier alpha value is -3.35. The molecule has 0 fully saturated rings. The highest BCUT2D eigenvalue weighted by molar-refractivity contribution is 5.93. The number of hydrazine groups is 1. The van der Waals surface area contributed by atoms with Gasteiger partial charge in [-0.15, -0.1) is 0 Å². The zero-order valence-electron chi connectivity index (χ0n) is 17.0.